The van der Waals surface area contributed by atoms with Crippen molar-refractivity contribution in [1.29, 1.82) is 0 Å². The number of amides is 2. The van der Waals surface area contributed by atoms with Crippen LogP contribution in [0, 0.1) is 0 Å². The summed E-state index contributed by atoms with van der Waals surface area (Å²) in [5.74, 6) is -0.607. The molecule has 2 aromatic carbocycles. The number of nitrogens with one attached hydrogen (secondary N) is 2. The Morgan fingerprint density at radius 3 is 2.32 bits per heavy atom. The average molecular weight is 361 g/mol. The van der Waals surface area contributed by atoms with E-state index in [2.05, 4.69) is 26.6 Å². The Bertz CT molecular complexity index is 644. The van der Waals surface area contributed by atoms with E-state index in [4.69, 9.17) is 0 Å². The summed E-state index contributed by atoms with van der Waals surface area (Å²) in [5, 5.41) is 5.45. The number of para-hydroxylation sites is 1. The number of hydrogen-bond acceptors (Lipinski definition) is 2. The fourth-order valence-electron chi connectivity index (χ4n) is 1.96. The molecule has 0 heterocycles. The molecule has 0 bridgehead atoms. The summed E-state index contributed by atoms with van der Waals surface area (Å²) < 4.78 is 0.785. The van der Waals surface area contributed by atoms with Gasteiger partial charge >= 0.3 is 0 Å². The van der Waals surface area contributed by atoms with Gasteiger partial charge in [-0.15, -0.1) is 0 Å². The number of hydrogen-bond donors (Lipinski definition) is 2. The molecule has 0 atom stereocenters. The van der Waals surface area contributed by atoms with Gasteiger partial charge in [0.15, 0.2) is 0 Å². The summed E-state index contributed by atoms with van der Waals surface area (Å²) in [6, 6.07) is 17.2. The van der Waals surface area contributed by atoms with Crippen molar-refractivity contribution in [2.75, 3.05) is 11.9 Å². The fraction of sp³-hybridized carbons (Fsp3) is 0.176. The molecule has 0 aliphatic heterocycles. The standard InChI is InChI=1S/C17H17BrN2O2/c18-14-8-4-5-9-15(14)20-17(22)12-16(21)19-11-10-13-6-2-1-3-7-13/h1-9H,10-12H2,(H,19,21)(H,20,22). The second kappa shape index (κ2) is 8.34. The van der Waals surface area contributed by atoms with Crippen molar-refractivity contribution in [2.45, 2.75) is 12.8 Å². The van der Waals surface area contributed by atoms with E-state index >= 15 is 0 Å². The molecule has 4 nitrogen and oxygen atoms in total. The molecule has 2 aromatic rings. The molecule has 2 N–H and O–H groups in total. The van der Waals surface area contributed by atoms with Gasteiger partial charge in [0.1, 0.15) is 6.42 Å². The molecule has 0 fully saturated rings. The van der Waals surface area contributed by atoms with Crippen LogP contribution >= 0.6 is 15.9 Å². The molecular weight excluding hydrogens is 344 g/mol. The molecule has 0 aliphatic carbocycles. The van der Waals surface area contributed by atoms with Crippen LogP contribution in [0.15, 0.2) is 59.1 Å². The van der Waals surface area contributed by atoms with E-state index in [1.807, 2.05) is 48.5 Å². The Balaban J connectivity index is 1.72. The number of halogens is 1. The highest BCUT2D eigenvalue weighted by Gasteiger charge is 2.10. The molecular formula is C17H17BrN2O2. The van der Waals surface area contributed by atoms with Crippen molar-refractivity contribution < 1.29 is 9.59 Å². The second-order valence-electron chi connectivity index (χ2n) is 4.79. The number of carbonyl (C=O) groups excluding carboxylic acids is 2. The van der Waals surface area contributed by atoms with Crippen LogP contribution in [0.4, 0.5) is 5.69 Å². The molecule has 0 saturated carbocycles. The predicted octanol–water partition coefficient (Wildman–Crippen LogP) is 3.14. The summed E-state index contributed by atoms with van der Waals surface area (Å²) >= 11 is 3.34. The minimum absolute atomic E-state index is 0.184. The topological polar surface area (TPSA) is 58.2 Å². The Morgan fingerprint density at radius 2 is 1.59 bits per heavy atom. The van der Waals surface area contributed by atoms with Gasteiger partial charge in [-0.2, -0.15) is 0 Å². The Labute approximate surface area is 138 Å². The first-order valence-electron chi connectivity index (χ1n) is 7.00. The SMILES string of the molecule is O=C(CC(=O)Nc1ccccc1Br)NCCc1ccccc1. The molecule has 2 rings (SSSR count). The molecule has 22 heavy (non-hydrogen) atoms. The van der Waals surface area contributed by atoms with Gasteiger partial charge in [-0.3, -0.25) is 9.59 Å². The largest absolute Gasteiger partial charge is 0.355 e. The summed E-state index contributed by atoms with van der Waals surface area (Å²) in [6.07, 6.45) is 0.564. The highest BCUT2D eigenvalue weighted by molar-refractivity contribution is 9.10. The monoisotopic (exact) mass is 360 g/mol. The predicted molar refractivity (Wildman–Crippen MR) is 90.5 cm³/mol. The van der Waals surface area contributed by atoms with Gasteiger partial charge < -0.3 is 10.6 Å². The van der Waals surface area contributed by atoms with Crippen LogP contribution < -0.4 is 10.6 Å². The molecule has 0 spiro atoms. The summed E-state index contributed by atoms with van der Waals surface area (Å²) in [6.45, 7) is 0.519. The van der Waals surface area contributed by atoms with Crippen molar-refractivity contribution >= 4 is 33.4 Å². The number of rotatable bonds is 6. The molecule has 0 radical (unpaired) electrons. The van der Waals surface area contributed by atoms with Crippen molar-refractivity contribution in [3.63, 3.8) is 0 Å². The van der Waals surface area contributed by atoms with Gasteiger partial charge in [-0.05, 0) is 40.0 Å². The minimum atomic E-state index is -0.330. The van der Waals surface area contributed by atoms with E-state index in [1.54, 1.807) is 6.07 Å². The molecule has 0 saturated heterocycles. The average Bonchev–Trinajstić information content (AvgIpc) is 2.50. The van der Waals surface area contributed by atoms with E-state index in [0.29, 0.717) is 12.2 Å². The van der Waals surface area contributed by atoms with Crippen LogP contribution in [0.3, 0.4) is 0 Å². The zero-order valence-electron chi connectivity index (χ0n) is 12.0. The molecule has 0 aromatic heterocycles. The third-order valence-electron chi connectivity index (χ3n) is 3.05. The summed E-state index contributed by atoms with van der Waals surface area (Å²) in [5.41, 5.74) is 1.81. The lowest BCUT2D eigenvalue weighted by atomic mass is 10.1. The van der Waals surface area contributed by atoms with Crippen LogP contribution in [0.1, 0.15) is 12.0 Å². The van der Waals surface area contributed by atoms with E-state index in [-0.39, 0.29) is 18.2 Å². The summed E-state index contributed by atoms with van der Waals surface area (Å²) in [7, 11) is 0. The Hall–Kier alpha value is -2.14. The third-order valence-corrected chi connectivity index (χ3v) is 3.74. The normalized spacial score (nSPS) is 10.0. The first kappa shape index (κ1) is 16.2. The van der Waals surface area contributed by atoms with Crippen molar-refractivity contribution in [3.8, 4) is 0 Å². The van der Waals surface area contributed by atoms with Crippen LogP contribution in [-0.4, -0.2) is 18.4 Å². The van der Waals surface area contributed by atoms with Crippen molar-refractivity contribution in [3.05, 3.63) is 64.6 Å². The molecule has 0 aliphatic rings. The molecule has 0 unspecified atom stereocenters. The van der Waals surface area contributed by atoms with Gasteiger partial charge in [-0.1, -0.05) is 42.5 Å². The van der Waals surface area contributed by atoms with Crippen LogP contribution in [0.5, 0.6) is 0 Å². The highest BCUT2D eigenvalue weighted by atomic mass is 79.9. The van der Waals surface area contributed by atoms with Crippen molar-refractivity contribution in [1.82, 2.24) is 5.32 Å². The van der Waals surface area contributed by atoms with Gasteiger partial charge in [0.25, 0.3) is 0 Å². The maximum atomic E-state index is 11.8. The Kier molecular flexibility index (Phi) is 6.15. The van der Waals surface area contributed by atoms with Crippen molar-refractivity contribution in [2.24, 2.45) is 0 Å². The highest BCUT2D eigenvalue weighted by Crippen LogP contribution is 2.21. The van der Waals surface area contributed by atoms with Gasteiger partial charge in [0.2, 0.25) is 11.8 Å². The third kappa shape index (κ3) is 5.33. The van der Waals surface area contributed by atoms with E-state index in [9.17, 15) is 9.59 Å². The maximum absolute atomic E-state index is 11.8. The van der Waals surface area contributed by atoms with Gasteiger partial charge in [-0.25, -0.2) is 0 Å². The zero-order chi connectivity index (χ0) is 15.8. The van der Waals surface area contributed by atoms with E-state index < -0.39 is 0 Å². The number of benzene rings is 2. The first-order valence-corrected chi connectivity index (χ1v) is 7.79. The zero-order valence-corrected chi connectivity index (χ0v) is 13.6. The second-order valence-corrected chi connectivity index (χ2v) is 5.64. The molecule has 114 valence electrons. The van der Waals surface area contributed by atoms with E-state index in [1.165, 1.54) is 0 Å². The number of carbonyl (C=O) groups is 2. The quantitative estimate of drug-likeness (QED) is 0.777. The van der Waals surface area contributed by atoms with Crippen LogP contribution in [0.2, 0.25) is 0 Å². The van der Waals surface area contributed by atoms with Gasteiger partial charge in [0.05, 0.1) is 5.69 Å². The smallest absolute Gasteiger partial charge is 0.233 e. The first-order chi connectivity index (χ1) is 10.6. The van der Waals surface area contributed by atoms with E-state index in [0.717, 1.165) is 16.5 Å². The van der Waals surface area contributed by atoms with Crippen LogP contribution in [0.25, 0.3) is 0 Å². The lowest BCUT2D eigenvalue weighted by Gasteiger charge is -2.08. The minimum Gasteiger partial charge on any atom is -0.355 e. The lowest BCUT2D eigenvalue weighted by molar-refractivity contribution is -0.126. The molecule has 2 amide bonds. The van der Waals surface area contributed by atoms with Gasteiger partial charge in [0, 0.05) is 11.0 Å². The molecule has 5 heteroatoms. The Morgan fingerprint density at radius 1 is 0.909 bits per heavy atom. The lowest BCUT2D eigenvalue weighted by Crippen LogP contribution is -2.29. The fourth-order valence-corrected chi connectivity index (χ4v) is 2.34. The maximum Gasteiger partial charge on any atom is 0.233 e. The summed E-state index contributed by atoms with van der Waals surface area (Å²) in [4.78, 5) is 23.6. The van der Waals surface area contributed by atoms with Crippen LogP contribution in [-0.2, 0) is 16.0 Å². The number of anilines is 1.